The first-order valence-corrected chi connectivity index (χ1v) is 6.68. The normalized spacial score (nSPS) is 14.3. The Balaban J connectivity index is 2.75. The Morgan fingerprint density at radius 2 is 2.05 bits per heavy atom. The van der Waals surface area contributed by atoms with Gasteiger partial charge in [0.2, 0.25) is 0 Å². The molecule has 4 heteroatoms. The van der Waals surface area contributed by atoms with Crippen molar-refractivity contribution in [3.8, 4) is 0 Å². The van der Waals surface area contributed by atoms with Crippen LogP contribution in [0.1, 0.15) is 39.7 Å². The highest BCUT2D eigenvalue weighted by atomic mass is 19.1. The van der Waals surface area contributed by atoms with Gasteiger partial charge in [-0.15, -0.1) is 0 Å². The minimum absolute atomic E-state index is 0.198. The molecule has 0 bridgehead atoms. The molecule has 0 aliphatic heterocycles. The molecule has 19 heavy (non-hydrogen) atoms. The Labute approximate surface area is 115 Å². The van der Waals surface area contributed by atoms with Crippen molar-refractivity contribution in [2.24, 2.45) is 10.7 Å². The molecule has 0 heterocycles. The third kappa shape index (κ3) is 4.54. The van der Waals surface area contributed by atoms with Gasteiger partial charge in [0, 0.05) is 11.5 Å². The molecule has 1 rings (SSSR count). The molecule has 0 fully saturated rings. The van der Waals surface area contributed by atoms with Crippen LogP contribution in [0, 0.1) is 5.82 Å². The van der Waals surface area contributed by atoms with Crippen LogP contribution in [0.5, 0.6) is 0 Å². The number of nitrogens with one attached hydrogen (secondary N) is 1. The molecule has 1 atom stereocenters. The summed E-state index contributed by atoms with van der Waals surface area (Å²) in [6.45, 7) is 8.50. The molecule has 0 saturated carbocycles. The van der Waals surface area contributed by atoms with Crippen molar-refractivity contribution in [2.45, 2.75) is 45.6 Å². The SMILES string of the molecule is CCC(C)NC(N)=NCC(C)(C)c1ccccc1F. The third-order valence-corrected chi connectivity index (χ3v) is 3.25. The van der Waals surface area contributed by atoms with Crippen molar-refractivity contribution in [1.29, 1.82) is 0 Å². The third-order valence-electron chi connectivity index (χ3n) is 3.25. The zero-order chi connectivity index (χ0) is 14.5. The fraction of sp³-hybridized carbons (Fsp3) is 0.533. The molecule has 0 saturated heterocycles. The van der Waals surface area contributed by atoms with Crippen molar-refractivity contribution in [3.63, 3.8) is 0 Å². The van der Waals surface area contributed by atoms with E-state index in [1.165, 1.54) is 6.07 Å². The van der Waals surface area contributed by atoms with E-state index in [0.29, 0.717) is 24.1 Å². The molecule has 106 valence electrons. The van der Waals surface area contributed by atoms with E-state index in [4.69, 9.17) is 5.73 Å². The largest absolute Gasteiger partial charge is 0.370 e. The lowest BCUT2D eigenvalue weighted by atomic mass is 9.84. The first kappa shape index (κ1) is 15.5. The number of nitrogens with zero attached hydrogens (tertiary/aromatic N) is 1. The lowest BCUT2D eigenvalue weighted by Crippen LogP contribution is -2.39. The molecule has 0 radical (unpaired) electrons. The van der Waals surface area contributed by atoms with Gasteiger partial charge < -0.3 is 11.1 Å². The van der Waals surface area contributed by atoms with Crippen LogP contribution in [0.25, 0.3) is 0 Å². The lowest BCUT2D eigenvalue weighted by molar-refractivity contribution is 0.492. The Hall–Kier alpha value is -1.58. The number of hydrogen-bond acceptors (Lipinski definition) is 1. The summed E-state index contributed by atoms with van der Waals surface area (Å²) in [6, 6.07) is 7.09. The van der Waals surface area contributed by atoms with E-state index in [9.17, 15) is 4.39 Å². The number of rotatable bonds is 5. The number of guanidine groups is 1. The van der Waals surface area contributed by atoms with Crippen LogP contribution in [-0.4, -0.2) is 18.5 Å². The van der Waals surface area contributed by atoms with Gasteiger partial charge in [0.05, 0.1) is 6.54 Å². The highest BCUT2D eigenvalue weighted by Gasteiger charge is 2.23. The molecule has 0 amide bonds. The number of aliphatic imine (C=N–C) groups is 1. The van der Waals surface area contributed by atoms with Gasteiger partial charge in [-0.25, -0.2) is 4.39 Å². The minimum atomic E-state index is -0.382. The predicted molar refractivity (Wildman–Crippen MR) is 78.8 cm³/mol. The second kappa shape index (κ2) is 6.55. The summed E-state index contributed by atoms with van der Waals surface area (Å²) in [7, 11) is 0. The van der Waals surface area contributed by atoms with Gasteiger partial charge in [0.1, 0.15) is 5.82 Å². The molecule has 1 unspecified atom stereocenters. The molecule has 0 aliphatic rings. The fourth-order valence-corrected chi connectivity index (χ4v) is 1.78. The highest BCUT2D eigenvalue weighted by Crippen LogP contribution is 2.25. The van der Waals surface area contributed by atoms with E-state index in [1.807, 2.05) is 26.8 Å². The van der Waals surface area contributed by atoms with Gasteiger partial charge in [0.25, 0.3) is 0 Å². The fourth-order valence-electron chi connectivity index (χ4n) is 1.78. The number of benzene rings is 1. The average Bonchev–Trinajstić information content (AvgIpc) is 2.36. The van der Waals surface area contributed by atoms with Crippen LogP contribution in [0.3, 0.4) is 0 Å². The second-order valence-corrected chi connectivity index (χ2v) is 5.52. The minimum Gasteiger partial charge on any atom is -0.370 e. The summed E-state index contributed by atoms with van der Waals surface area (Å²) in [6.07, 6.45) is 0.979. The molecular formula is C15H24FN3. The number of nitrogens with two attached hydrogens (primary N) is 1. The second-order valence-electron chi connectivity index (χ2n) is 5.52. The van der Waals surface area contributed by atoms with Gasteiger partial charge in [-0.2, -0.15) is 0 Å². The van der Waals surface area contributed by atoms with Crippen LogP contribution < -0.4 is 11.1 Å². The molecule has 0 spiro atoms. The van der Waals surface area contributed by atoms with Crippen molar-refractivity contribution < 1.29 is 4.39 Å². The van der Waals surface area contributed by atoms with Crippen molar-refractivity contribution in [3.05, 3.63) is 35.6 Å². The van der Waals surface area contributed by atoms with E-state index in [-0.39, 0.29) is 11.2 Å². The lowest BCUT2D eigenvalue weighted by Gasteiger charge is -2.24. The Bertz CT molecular complexity index is 441. The van der Waals surface area contributed by atoms with E-state index < -0.39 is 0 Å². The summed E-state index contributed by atoms with van der Waals surface area (Å²) in [5.41, 5.74) is 6.10. The van der Waals surface area contributed by atoms with E-state index >= 15 is 0 Å². The van der Waals surface area contributed by atoms with Crippen molar-refractivity contribution in [1.82, 2.24) is 5.32 Å². The van der Waals surface area contributed by atoms with Crippen LogP contribution in [0.15, 0.2) is 29.3 Å². The standard InChI is InChI=1S/C15H24FN3/c1-5-11(2)19-14(17)18-10-15(3,4)12-8-6-7-9-13(12)16/h6-9,11H,5,10H2,1-4H3,(H3,17,18,19). The van der Waals surface area contributed by atoms with Gasteiger partial charge in [-0.05, 0) is 25.0 Å². The molecule has 3 N–H and O–H groups in total. The van der Waals surface area contributed by atoms with Crippen molar-refractivity contribution >= 4 is 5.96 Å². The summed E-state index contributed by atoms with van der Waals surface area (Å²) < 4.78 is 13.8. The smallest absolute Gasteiger partial charge is 0.188 e. The summed E-state index contributed by atoms with van der Waals surface area (Å²) >= 11 is 0. The molecule has 1 aromatic carbocycles. The van der Waals surface area contributed by atoms with Gasteiger partial charge in [-0.1, -0.05) is 39.0 Å². The van der Waals surface area contributed by atoms with Crippen LogP contribution in [0.2, 0.25) is 0 Å². The first-order valence-electron chi connectivity index (χ1n) is 6.68. The quantitative estimate of drug-likeness (QED) is 0.635. The number of hydrogen-bond donors (Lipinski definition) is 2. The van der Waals surface area contributed by atoms with E-state index in [0.717, 1.165) is 6.42 Å². The number of halogens is 1. The molecule has 0 aromatic heterocycles. The maximum absolute atomic E-state index is 13.8. The molecule has 0 aliphatic carbocycles. The molecular weight excluding hydrogens is 241 g/mol. The van der Waals surface area contributed by atoms with Gasteiger partial charge in [-0.3, -0.25) is 4.99 Å². The van der Waals surface area contributed by atoms with E-state index in [1.54, 1.807) is 12.1 Å². The zero-order valence-electron chi connectivity index (χ0n) is 12.2. The maximum atomic E-state index is 13.8. The average molecular weight is 265 g/mol. The topological polar surface area (TPSA) is 50.4 Å². The molecule has 3 nitrogen and oxygen atoms in total. The van der Waals surface area contributed by atoms with Crippen LogP contribution in [0.4, 0.5) is 4.39 Å². The zero-order valence-corrected chi connectivity index (χ0v) is 12.2. The van der Waals surface area contributed by atoms with Gasteiger partial charge in [0.15, 0.2) is 5.96 Å². The molecule has 1 aromatic rings. The predicted octanol–water partition coefficient (Wildman–Crippen LogP) is 2.81. The summed E-state index contributed by atoms with van der Waals surface area (Å²) in [5.74, 6) is 0.218. The first-order chi connectivity index (χ1) is 8.86. The van der Waals surface area contributed by atoms with Gasteiger partial charge >= 0.3 is 0 Å². The van der Waals surface area contributed by atoms with Crippen molar-refractivity contribution in [2.75, 3.05) is 6.54 Å². The Morgan fingerprint density at radius 1 is 1.42 bits per heavy atom. The van der Waals surface area contributed by atoms with Crippen LogP contribution >= 0.6 is 0 Å². The highest BCUT2D eigenvalue weighted by molar-refractivity contribution is 5.78. The van der Waals surface area contributed by atoms with E-state index in [2.05, 4.69) is 17.2 Å². The Morgan fingerprint density at radius 3 is 2.63 bits per heavy atom. The maximum Gasteiger partial charge on any atom is 0.188 e. The monoisotopic (exact) mass is 265 g/mol. The Kier molecular flexibility index (Phi) is 5.33. The summed E-state index contributed by atoms with van der Waals surface area (Å²) in [4.78, 5) is 4.32. The van der Waals surface area contributed by atoms with Crippen LogP contribution in [-0.2, 0) is 5.41 Å². The summed E-state index contributed by atoms with van der Waals surface area (Å²) in [5, 5.41) is 3.10.